The smallest absolute Gasteiger partial charge is 0.237 e. The van der Waals surface area contributed by atoms with Crippen molar-refractivity contribution in [1.29, 1.82) is 0 Å². The number of hydrogen-bond donors (Lipinski definition) is 1. The molecule has 1 atom stereocenters. The number of tetrazole rings is 1. The lowest BCUT2D eigenvalue weighted by Gasteiger charge is -2.13. The zero-order valence-corrected chi connectivity index (χ0v) is 15.6. The molecule has 0 spiro atoms. The molecule has 3 rings (SSSR count). The second-order valence-corrected chi connectivity index (χ2v) is 6.81. The van der Waals surface area contributed by atoms with Gasteiger partial charge in [-0.2, -0.15) is 4.68 Å². The van der Waals surface area contributed by atoms with E-state index in [1.165, 1.54) is 28.6 Å². The number of amides is 1. The van der Waals surface area contributed by atoms with Gasteiger partial charge in [0.15, 0.2) is 0 Å². The summed E-state index contributed by atoms with van der Waals surface area (Å²) in [4.78, 5) is 12.4. The molecule has 0 aliphatic rings. The molecule has 0 bridgehead atoms. The number of ether oxygens (including phenoxy) is 1. The van der Waals surface area contributed by atoms with Crippen LogP contribution in [0.25, 0.3) is 5.69 Å². The zero-order chi connectivity index (χ0) is 19.2. The topological polar surface area (TPSA) is 81.9 Å². The minimum Gasteiger partial charge on any atom is -0.492 e. The van der Waals surface area contributed by atoms with Crippen molar-refractivity contribution >= 4 is 23.4 Å². The molecule has 0 radical (unpaired) electrons. The van der Waals surface area contributed by atoms with Gasteiger partial charge in [0, 0.05) is 0 Å². The predicted octanol–water partition coefficient (Wildman–Crippen LogP) is 3.32. The van der Waals surface area contributed by atoms with Crippen LogP contribution in [-0.2, 0) is 4.79 Å². The fourth-order valence-corrected chi connectivity index (χ4v) is 3.12. The Hall–Kier alpha value is -2.94. The normalized spacial score (nSPS) is 11.8. The van der Waals surface area contributed by atoms with Crippen molar-refractivity contribution in [2.24, 2.45) is 0 Å². The summed E-state index contributed by atoms with van der Waals surface area (Å²) in [6.07, 6.45) is 0. The van der Waals surface area contributed by atoms with Crippen LogP contribution in [0.2, 0.25) is 0 Å². The Morgan fingerprint density at radius 2 is 2.00 bits per heavy atom. The lowest BCUT2D eigenvalue weighted by Crippen LogP contribution is -2.23. The van der Waals surface area contributed by atoms with E-state index in [0.717, 1.165) is 0 Å². The summed E-state index contributed by atoms with van der Waals surface area (Å²) in [6.45, 7) is 4.10. The van der Waals surface area contributed by atoms with Crippen molar-refractivity contribution in [2.75, 3.05) is 11.9 Å². The van der Waals surface area contributed by atoms with Gasteiger partial charge in [-0.1, -0.05) is 36.0 Å². The van der Waals surface area contributed by atoms with Gasteiger partial charge in [-0.05, 0) is 48.5 Å². The van der Waals surface area contributed by atoms with Gasteiger partial charge >= 0.3 is 0 Å². The summed E-state index contributed by atoms with van der Waals surface area (Å²) >= 11 is 1.17. The molecule has 0 unspecified atom stereocenters. The van der Waals surface area contributed by atoms with E-state index in [2.05, 4.69) is 20.8 Å². The second kappa shape index (κ2) is 8.63. The van der Waals surface area contributed by atoms with Gasteiger partial charge in [0.25, 0.3) is 0 Å². The average molecular weight is 387 g/mol. The molecule has 1 amide bonds. The van der Waals surface area contributed by atoms with Crippen molar-refractivity contribution in [3.8, 4) is 11.4 Å². The Balaban J connectivity index is 1.77. The van der Waals surface area contributed by atoms with Crippen LogP contribution in [0.1, 0.15) is 13.8 Å². The van der Waals surface area contributed by atoms with Gasteiger partial charge in [-0.25, -0.2) is 4.39 Å². The molecule has 1 aromatic heterocycles. The maximum absolute atomic E-state index is 13.7. The highest BCUT2D eigenvalue weighted by Gasteiger charge is 2.21. The van der Waals surface area contributed by atoms with E-state index in [4.69, 9.17) is 4.74 Å². The first-order valence-corrected chi connectivity index (χ1v) is 9.20. The number of carbonyl (C=O) groups excluding carboxylic acids is 1. The highest BCUT2D eigenvalue weighted by atomic mass is 32.2. The number of hydrogen-bond acceptors (Lipinski definition) is 6. The highest BCUT2D eigenvalue weighted by molar-refractivity contribution is 8.00. The van der Waals surface area contributed by atoms with Crippen LogP contribution >= 0.6 is 11.8 Å². The van der Waals surface area contributed by atoms with Crippen molar-refractivity contribution in [1.82, 2.24) is 20.2 Å². The molecule has 2 aromatic carbocycles. The third kappa shape index (κ3) is 4.43. The summed E-state index contributed by atoms with van der Waals surface area (Å²) in [5.41, 5.74) is 0.810. The van der Waals surface area contributed by atoms with Crippen molar-refractivity contribution in [2.45, 2.75) is 24.3 Å². The molecular formula is C18H18FN5O2S. The molecule has 7 nitrogen and oxygen atoms in total. The van der Waals surface area contributed by atoms with Gasteiger partial charge in [-0.3, -0.25) is 4.79 Å². The number of rotatable bonds is 7. The van der Waals surface area contributed by atoms with Gasteiger partial charge in [0.05, 0.1) is 17.5 Å². The molecule has 1 heterocycles. The summed E-state index contributed by atoms with van der Waals surface area (Å²) in [6, 6.07) is 13.4. The quantitative estimate of drug-likeness (QED) is 0.627. The molecule has 0 aliphatic carbocycles. The van der Waals surface area contributed by atoms with Crippen LogP contribution < -0.4 is 10.1 Å². The Kier molecular flexibility index (Phi) is 6.02. The molecular weight excluding hydrogens is 369 g/mol. The maximum atomic E-state index is 13.7. The van der Waals surface area contributed by atoms with Crippen LogP contribution in [0.5, 0.6) is 5.75 Å². The van der Waals surface area contributed by atoms with Gasteiger partial charge in [0.1, 0.15) is 17.3 Å². The number of carbonyl (C=O) groups is 1. The first-order valence-electron chi connectivity index (χ1n) is 8.32. The largest absolute Gasteiger partial charge is 0.492 e. The molecule has 9 heteroatoms. The maximum Gasteiger partial charge on any atom is 0.237 e. The van der Waals surface area contributed by atoms with E-state index >= 15 is 0 Å². The molecule has 0 saturated heterocycles. The summed E-state index contributed by atoms with van der Waals surface area (Å²) in [5.74, 6) is -0.200. The van der Waals surface area contributed by atoms with Crippen molar-refractivity contribution < 1.29 is 13.9 Å². The van der Waals surface area contributed by atoms with E-state index in [9.17, 15) is 9.18 Å². The van der Waals surface area contributed by atoms with E-state index in [1.807, 2.05) is 31.2 Å². The lowest BCUT2D eigenvalue weighted by molar-refractivity contribution is -0.115. The van der Waals surface area contributed by atoms with E-state index in [1.54, 1.807) is 19.1 Å². The Labute approximate surface area is 159 Å². The minimum atomic E-state index is -0.548. The first-order chi connectivity index (χ1) is 13.1. The number of halogens is 1. The van der Waals surface area contributed by atoms with Crippen LogP contribution in [0.4, 0.5) is 10.1 Å². The van der Waals surface area contributed by atoms with Gasteiger partial charge in [0.2, 0.25) is 11.1 Å². The summed E-state index contributed by atoms with van der Waals surface area (Å²) < 4.78 is 20.9. The highest BCUT2D eigenvalue weighted by Crippen LogP contribution is 2.28. The molecule has 27 heavy (non-hydrogen) atoms. The van der Waals surface area contributed by atoms with E-state index in [0.29, 0.717) is 23.2 Å². The fraction of sp³-hybridized carbons (Fsp3) is 0.222. The number of para-hydroxylation sites is 3. The van der Waals surface area contributed by atoms with Gasteiger partial charge < -0.3 is 10.1 Å². The Morgan fingerprint density at radius 3 is 2.78 bits per heavy atom. The SMILES string of the molecule is CCOc1ccccc1-n1nnnc1S[C@H](C)C(=O)Nc1ccccc1F. The average Bonchev–Trinajstić information content (AvgIpc) is 3.12. The molecule has 140 valence electrons. The number of thioether (sulfide) groups is 1. The number of benzene rings is 2. The van der Waals surface area contributed by atoms with Crippen LogP contribution in [0.15, 0.2) is 53.7 Å². The van der Waals surface area contributed by atoms with Crippen molar-refractivity contribution in [3.05, 3.63) is 54.3 Å². The monoisotopic (exact) mass is 387 g/mol. The molecule has 1 N–H and O–H groups in total. The third-order valence-electron chi connectivity index (χ3n) is 3.62. The van der Waals surface area contributed by atoms with Crippen LogP contribution in [0, 0.1) is 5.82 Å². The van der Waals surface area contributed by atoms with E-state index < -0.39 is 11.1 Å². The third-order valence-corrected chi connectivity index (χ3v) is 4.65. The Morgan fingerprint density at radius 1 is 1.26 bits per heavy atom. The number of nitrogens with zero attached hydrogens (tertiary/aromatic N) is 4. The zero-order valence-electron chi connectivity index (χ0n) is 14.8. The first kappa shape index (κ1) is 18.8. The van der Waals surface area contributed by atoms with Crippen LogP contribution in [0.3, 0.4) is 0 Å². The second-order valence-electron chi connectivity index (χ2n) is 5.50. The number of anilines is 1. The van der Waals surface area contributed by atoms with E-state index in [-0.39, 0.29) is 11.6 Å². The summed E-state index contributed by atoms with van der Waals surface area (Å²) in [5, 5.41) is 14.2. The van der Waals surface area contributed by atoms with Crippen LogP contribution in [-0.4, -0.2) is 38.0 Å². The van der Waals surface area contributed by atoms with Gasteiger partial charge in [-0.15, -0.1) is 5.10 Å². The molecule has 0 fully saturated rings. The number of aromatic nitrogens is 4. The molecule has 0 aliphatic heterocycles. The molecule has 3 aromatic rings. The number of nitrogens with one attached hydrogen (secondary N) is 1. The standard InChI is InChI=1S/C18H18FN5O2S/c1-3-26-16-11-7-6-10-15(16)24-18(21-22-23-24)27-12(2)17(25)20-14-9-5-4-8-13(14)19/h4-12H,3H2,1-2H3,(H,20,25)/t12-/m1/s1. The predicted molar refractivity (Wildman–Crippen MR) is 101 cm³/mol. The molecule has 0 saturated carbocycles. The minimum absolute atomic E-state index is 0.135. The van der Waals surface area contributed by atoms with Crippen molar-refractivity contribution in [3.63, 3.8) is 0 Å². The Bertz CT molecular complexity index is 933. The fourth-order valence-electron chi connectivity index (χ4n) is 2.32. The summed E-state index contributed by atoms with van der Waals surface area (Å²) in [7, 11) is 0. The lowest BCUT2D eigenvalue weighted by atomic mass is 10.3.